The Labute approximate surface area is 194 Å². The number of aromatic nitrogens is 2. The largest absolute Gasteiger partial charge is 0.488 e. The van der Waals surface area contributed by atoms with Crippen molar-refractivity contribution in [1.82, 2.24) is 15.3 Å². The van der Waals surface area contributed by atoms with Gasteiger partial charge in [0.25, 0.3) is 0 Å². The third-order valence-corrected chi connectivity index (χ3v) is 5.51. The van der Waals surface area contributed by atoms with Crippen molar-refractivity contribution in [2.24, 2.45) is 0 Å². The molecule has 0 saturated carbocycles. The molecule has 8 nitrogen and oxygen atoms in total. The summed E-state index contributed by atoms with van der Waals surface area (Å²) in [6, 6.07) is 17.7. The molecule has 33 heavy (non-hydrogen) atoms. The first kappa shape index (κ1) is 22.5. The predicted molar refractivity (Wildman–Crippen MR) is 129 cm³/mol. The zero-order chi connectivity index (χ0) is 23.0. The maximum Gasteiger partial charge on any atom is 0.161 e. The van der Waals surface area contributed by atoms with Crippen LogP contribution >= 0.6 is 0 Å². The molecule has 0 bridgehead atoms. The SMILES string of the molecule is COCCN(C)c1cccc(Nc2ccnc(-c3ccc(O[C@@H]4CCNC4)c(C#N)c3)n2)c1. The molecule has 0 unspecified atom stereocenters. The number of nitrogens with zero attached hydrogens (tertiary/aromatic N) is 4. The highest BCUT2D eigenvalue weighted by Gasteiger charge is 2.18. The average molecular weight is 445 g/mol. The van der Waals surface area contributed by atoms with Crippen LogP contribution in [-0.4, -0.2) is 56.5 Å². The first-order valence-electron chi connectivity index (χ1n) is 11.0. The van der Waals surface area contributed by atoms with Crippen LogP contribution in [0.3, 0.4) is 0 Å². The highest BCUT2D eigenvalue weighted by atomic mass is 16.5. The molecule has 0 spiro atoms. The molecule has 1 saturated heterocycles. The zero-order valence-electron chi connectivity index (χ0n) is 18.9. The number of hydrogen-bond acceptors (Lipinski definition) is 8. The van der Waals surface area contributed by atoms with Crippen molar-refractivity contribution in [3.63, 3.8) is 0 Å². The van der Waals surface area contributed by atoms with E-state index in [0.29, 0.717) is 29.6 Å². The molecular formula is C25H28N6O2. The van der Waals surface area contributed by atoms with Crippen molar-refractivity contribution >= 4 is 17.2 Å². The monoisotopic (exact) mass is 444 g/mol. The van der Waals surface area contributed by atoms with E-state index in [0.717, 1.165) is 43.0 Å². The fourth-order valence-corrected chi connectivity index (χ4v) is 3.66. The van der Waals surface area contributed by atoms with Gasteiger partial charge < -0.3 is 25.0 Å². The van der Waals surface area contributed by atoms with Crippen molar-refractivity contribution in [3.8, 4) is 23.2 Å². The lowest BCUT2D eigenvalue weighted by molar-refractivity contribution is 0.206. The van der Waals surface area contributed by atoms with E-state index in [1.54, 1.807) is 19.4 Å². The van der Waals surface area contributed by atoms with Crippen LogP contribution in [0.15, 0.2) is 54.7 Å². The van der Waals surface area contributed by atoms with Crippen LogP contribution in [0.5, 0.6) is 5.75 Å². The number of methoxy groups -OCH3 is 1. The molecule has 2 N–H and O–H groups in total. The van der Waals surface area contributed by atoms with Gasteiger partial charge in [0, 0.05) is 50.4 Å². The van der Waals surface area contributed by atoms with Crippen molar-refractivity contribution in [3.05, 3.63) is 60.3 Å². The highest BCUT2D eigenvalue weighted by molar-refractivity contribution is 5.66. The topological polar surface area (TPSA) is 95.3 Å². The van der Waals surface area contributed by atoms with Gasteiger partial charge in [0.2, 0.25) is 0 Å². The van der Waals surface area contributed by atoms with Crippen molar-refractivity contribution in [1.29, 1.82) is 5.26 Å². The van der Waals surface area contributed by atoms with Gasteiger partial charge in [-0.05, 0) is 55.4 Å². The molecule has 170 valence electrons. The van der Waals surface area contributed by atoms with Gasteiger partial charge in [0.05, 0.1) is 12.2 Å². The van der Waals surface area contributed by atoms with Crippen molar-refractivity contribution in [2.75, 3.05) is 50.6 Å². The molecule has 3 aromatic rings. The fraction of sp³-hybridized carbons (Fsp3) is 0.320. The summed E-state index contributed by atoms with van der Waals surface area (Å²) in [5, 5.41) is 16.2. The van der Waals surface area contributed by atoms with E-state index >= 15 is 0 Å². The first-order valence-corrected chi connectivity index (χ1v) is 11.0. The minimum Gasteiger partial charge on any atom is -0.488 e. The molecule has 4 rings (SSSR count). The molecule has 1 aliphatic rings. The standard InChI is InChI=1S/C25H28N6O2/c1-31(12-13-32-2)21-5-3-4-20(15-21)29-24-9-11-28-25(30-24)18-6-7-23(19(14-18)16-26)33-22-8-10-27-17-22/h3-7,9,11,14-15,22,27H,8,10,12-13,17H2,1-2H3,(H,28,29,30)/t22-/m1/s1. The third-order valence-electron chi connectivity index (χ3n) is 5.51. The van der Waals surface area contributed by atoms with Crippen LogP contribution in [0.1, 0.15) is 12.0 Å². The fourth-order valence-electron chi connectivity index (χ4n) is 3.66. The molecule has 0 radical (unpaired) electrons. The van der Waals surface area contributed by atoms with E-state index in [2.05, 4.69) is 43.7 Å². The molecule has 2 heterocycles. The van der Waals surface area contributed by atoms with Crippen molar-refractivity contribution < 1.29 is 9.47 Å². The molecule has 2 aromatic carbocycles. The summed E-state index contributed by atoms with van der Waals surface area (Å²) in [7, 11) is 3.73. The molecule has 0 aliphatic carbocycles. The van der Waals surface area contributed by atoms with Crippen LogP contribution < -0.4 is 20.3 Å². The Morgan fingerprint density at radius 3 is 2.94 bits per heavy atom. The van der Waals surface area contributed by atoms with E-state index in [4.69, 9.17) is 9.47 Å². The number of rotatable bonds is 9. The second-order valence-corrected chi connectivity index (χ2v) is 7.91. The minimum atomic E-state index is 0.0936. The van der Waals surface area contributed by atoms with Crippen LogP contribution in [-0.2, 0) is 4.74 Å². The predicted octanol–water partition coefficient (Wildman–Crippen LogP) is 3.58. The highest BCUT2D eigenvalue weighted by Crippen LogP contribution is 2.27. The van der Waals surface area contributed by atoms with E-state index in [1.807, 2.05) is 37.4 Å². The van der Waals surface area contributed by atoms with E-state index in [-0.39, 0.29) is 6.10 Å². The smallest absolute Gasteiger partial charge is 0.161 e. The Balaban J connectivity index is 1.51. The summed E-state index contributed by atoms with van der Waals surface area (Å²) in [6.45, 7) is 3.20. The Hall–Kier alpha value is -3.67. The number of benzene rings is 2. The van der Waals surface area contributed by atoms with Gasteiger partial charge in [0.15, 0.2) is 5.82 Å². The molecule has 1 atom stereocenters. The van der Waals surface area contributed by atoms with Gasteiger partial charge >= 0.3 is 0 Å². The summed E-state index contributed by atoms with van der Waals surface area (Å²) in [5.41, 5.74) is 3.25. The second kappa shape index (κ2) is 10.8. The summed E-state index contributed by atoms with van der Waals surface area (Å²) in [4.78, 5) is 11.2. The van der Waals surface area contributed by atoms with Gasteiger partial charge in [-0.2, -0.15) is 5.26 Å². The maximum atomic E-state index is 9.63. The summed E-state index contributed by atoms with van der Waals surface area (Å²) < 4.78 is 11.2. The second-order valence-electron chi connectivity index (χ2n) is 7.91. The lowest BCUT2D eigenvalue weighted by atomic mass is 10.1. The summed E-state index contributed by atoms with van der Waals surface area (Å²) >= 11 is 0. The lowest BCUT2D eigenvalue weighted by Gasteiger charge is -2.19. The van der Waals surface area contributed by atoms with E-state index in [9.17, 15) is 5.26 Å². The molecular weight excluding hydrogens is 416 g/mol. The number of hydrogen-bond donors (Lipinski definition) is 2. The van der Waals surface area contributed by atoms with Crippen molar-refractivity contribution in [2.45, 2.75) is 12.5 Å². The molecule has 0 amide bonds. The Morgan fingerprint density at radius 1 is 1.24 bits per heavy atom. The number of anilines is 3. The first-order chi connectivity index (χ1) is 16.2. The quantitative estimate of drug-likeness (QED) is 0.517. The minimum absolute atomic E-state index is 0.0936. The van der Waals surface area contributed by atoms with Crippen LogP contribution in [0, 0.1) is 11.3 Å². The van der Waals surface area contributed by atoms with Gasteiger partial charge in [0.1, 0.15) is 23.7 Å². The van der Waals surface area contributed by atoms with Crippen LogP contribution in [0.4, 0.5) is 17.2 Å². The van der Waals surface area contributed by atoms with E-state index < -0.39 is 0 Å². The normalized spacial score (nSPS) is 15.1. The van der Waals surface area contributed by atoms with Crippen LogP contribution in [0.2, 0.25) is 0 Å². The average Bonchev–Trinajstić information content (AvgIpc) is 3.36. The van der Waals surface area contributed by atoms with Crippen LogP contribution in [0.25, 0.3) is 11.4 Å². The van der Waals surface area contributed by atoms with Gasteiger partial charge in [-0.15, -0.1) is 0 Å². The number of likely N-dealkylation sites (N-methyl/N-ethyl adjacent to an activating group) is 1. The van der Waals surface area contributed by atoms with Gasteiger partial charge in [-0.25, -0.2) is 9.97 Å². The Bertz CT molecular complexity index is 1120. The summed E-state index contributed by atoms with van der Waals surface area (Å²) in [6.07, 6.45) is 2.74. The molecule has 8 heteroatoms. The Morgan fingerprint density at radius 2 is 2.15 bits per heavy atom. The molecule has 1 fully saturated rings. The Kier molecular flexibility index (Phi) is 7.35. The van der Waals surface area contributed by atoms with Gasteiger partial charge in [-0.3, -0.25) is 0 Å². The molecule has 1 aliphatic heterocycles. The lowest BCUT2D eigenvalue weighted by Crippen LogP contribution is -2.21. The van der Waals surface area contributed by atoms with E-state index in [1.165, 1.54) is 0 Å². The number of nitrogens with one attached hydrogen (secondary N) is 2. The maximum absolute atomic E-state index is 9.63. The molecule has 1 aromatic heterocycles. The third kappa shape index (κ3) is 5.77. The zero-order valence-corrected chi connectivity index (χ0v) is 18.9. The summed E-state index contributed by atoms with van der Waals surface area (Å²) in [5.74, 6) is 1.81. The number of ether oxygens (including phenoxy) is 2. The number of nitriles is 1. The van der Waals surface area contributed by atoms with Gasteiger partial charge in [-0.1, -0.05) is 6.07 Å².